The lowest BCUT2D eigenvalue weighted by Gasteiger charge is -2.14. The van der Waals surface area contributed by atoms with Crippen LogP contribution in [0.3, 0.4) is 0 Å². The summed E-state index contributed by atoms with van der Waals surface area (Å²) in [4.78, 5) is 12.4. The normalized spacial score (nSPS) is 11.0. The number of anilines is 1. The Hall–Kier alpha value is -2.04. The van der Waals surface area contributed by atoms with Crippen molar-refractivity contribution in [2.75, 3.05) is 5.73 Å². The number of aromatic nitrogens is 2. The molecule has 5 heteroatoms. The molecule has 0 radical (unpaired) electrons. The van der Waals surface area contributed by atoms with Gasteiger partial charge >= 0.3 is 0 Å². The summed E-state index contributed by atoms with van der Waals surface area (Å²) >= 11 is 0. The minimum absolute atomic E-state index is 0.184. The van der Waals surface area contributed by atoms with Crippen molar-refractivity contribution < 1.29 is 4.39 Å². The van der Waals surface area contributed by atoms with Gasteiger partial charge in [0.2, 0.25) is 0 Å². The van der Waals surface area contributed by atoms with E-state index in [1.807, 2.05) is 10.7 Å². The Labute approximate surface area is 124 Å². The molecule has 1 aromatic heterocycles. The first-order valence-electron chi connectivity index (χ1n) is 7.40. The van der Waals surface area contributed by atoms with Crippen molar-refractivity contribution in [1.29, 1.82) is 0 Å². The first-order chi connectivity index (χ1) is 10.1. The fraction of sp³-hybridized carbons (Fsp3) is 0.438. The van der Waals surface area contributed by atoms with Gasteiger partial charge in [-0.05, 0) is 30.5 Å². The second kappa shape index (κ2) is 6.61. The molecule has 0 fully saturated rings. The number of rotatable bonds is 6. The first kappa shape index (κ1) is 15.4. The van der Waals surface area contributed by atoms with E-state index >= 15 is 0 Å². The maximum Gasteiger partial charge on any atom is 0.290 e. The zero-order valence-corrected chi connectivity index (χ0v) is 12.6. The molecule has 0 atom stereocenters. The van der Waals surface area contributed by atoms with Crippen LogP contribution in [0.25, 0.3) is 0 Å². The molecule has 0 bridgehead atoms. The summed E-state index contributed by atoms with van der Waals surface area (Å²) in [7, 11) is 0. The Kier molecular flexibility index (Phi) is 4.83. The Morgan fingerprint density at radius 3 is 2.57 bits per heavy atom. The molecule has 0 amide bonds. The molecule has 0 aliphatic heterocycles. The lowest BCUT2D eigenvalue weighted by atomic mass is 10.2. The van der Waals surface area contributed by atoms with E-state index in [1.54, 1.807) is 10.7 Å². The van der Waals surface area contributed by atoms with Gasteiger partial charge < -0.3 is 5.73 Å². The molecule has 2 rings (SSSR count). The number of nitrogens with zero attached hydrogens (tertiary/aromatic N) is 2. The molecular weight excluding hydrogens is 269 g/mol. The van der Waals surface area contributed by atoms with Gasteiger partial charge in [0.1, 0.15) is 11.5 Å². The summed E-state index contributed by atoms with van der Waals surface area (Å²) in [5, 5.41) is 0. The van der Waals surface area contributed by atoms with Crippen molar-refractivity contribution in [2.24, 2.45) is 0 Å². The van der Waals surface area contributed by atoms with Crippen LogP contribution in [-0.2, 0) is 19.5 Å². The molecule has 0 saturated carbocycles. The molecule has 21 heavy (non-hydrogen) atoms. The largest absolute Gasteiger partial charge is 0.393 e. The van der Waals surface area contributed by atoms with Gasteiger partial charge in [0, 0.05) is 6.54 Å². The zero-order valence-electron chi connectivity index (χ0n) is 12.6. The molecule has 1 heterocycles. The van der Waals surface area contributed by atoms with Gasteiger partial charge in [-0.2, -0.15) is 0 Å². The third kappa shape index (κ3) is 3.17. The van der Waals surface area contributed by atoms with Crippen LogP contribution in [0.1, 0.15) is 37.9 Å². The third-order valence-electron chi connectivity index (χ3n) is 3.52. The van der Waals surface area contributed by atoms with E-state index in [0.717, 1.165) is 37.1 Å². The van der Waals surface area contributed by atoms with Crippen LogP contribution in [-0.4, -0.2) is 9.36 Å². The number of hydrogen-bond donors (Lipinski definition) is 1. The monoisotopic (exact) mass is 291 g/mol. The maximum atomic E-state index is 13.3. The van der Waals surface area contributed by atoms with Crippen molar-refractivity contribution in [3.63, 3.8) is 0 Å². The molecule has 1 aromatic carbocycles. The van der Waals surface area contributed by atoms with E-state index < -0.39 is 0 Å². The summed E-state index contributed by atoms with van der Waals surface area (Å²) in [6, 6.07) is 6.31. The Bertz CT molecular complexity index is 673. The van der Waals surface area contributed by atoms with Gasteiger partial charge in [-0.3, -0.25) is 9.48 Å². The minimum Gasteiger partial charge on any atom is -0.393 e. The van der Waals surface area contributed by atoms with Crippen LogP contribution in [0.4, 0.5) is 10.1 Å². The van der Waals surface area contributed by atoms with Gasteiger partial charge in [0.05, 0.1) is 12.2 Å². The molecule has 0 aliphatic rings. The van der Waals surface area contributed by atoms with Crippen molar-refractivity contribution >= 4 is 5.69 Å². The van der Waals surface area contributed by atoms with Crippen molar-refractivity contribution in [3.05, 3.63) is 51.7 Å². The second-order valence-corrected chi connectivity index (χ2v) is 5.23. The van der Waals surface area contributed by atoms with Gasteiger partial charge in [0.15, 0.2) is 0 Å². The molecule has 2 N–H and O–H groups in total. The highest BCUT2D eigenvalue weighted by molar-refractivity contribution is 5.42. The summed E-state index contributed by atoms with van der Waals surface area (Å²) in [5.41, 5.74) is 7.76. The highest BCUT2D eigenvalue weighted by Gasteiger charge is 2.16. The summed E-state index contributed by atoms with van der Waals surface area (Å²) in [6.45, 7) is 5.19. The summed E-state index contributed by atoms with van der Waals surface area (Å²) in [6.07, 6.45) is 2.61. The highest BCUT2D eigenvalue weighted by Crippen LogP contribution is 2.14. The SMILES string of the molecule is CCCc1c(N)c(=O)n(Cc2cccc(F)c2)n1CCC. The standard InChI is InChI=1S/C16H22FN3O/c1-3-6-14-15(18)16(21)20(19(14)9-4-2)11-12-7-5-8-13(17)10-12/h5,7-8,10H,3-4,6,9,11,18H2,1-2H3. The average Bonchev–Trinajstić information content (AvgIpc) is 2.66. The van der Waals surface area contributed by atoms with Crippen LogP contribution in [0.2, 0.25) is 0 Å². The Morgan fingerprint density at radius 2 is 1.95 bits per heavy atom. The molecular formula is C16H22FN3O. The molecule has 0 aliphatic carbocycles. The van der Waals surface area contributed by atoms with Crippen molar-refractivity contribution in [3.8, 4) is 0 Å². The molecule has 0 saturated heterocycles. The molecule has 0 unspecified atom stereocenters. The predicted octanol–water partition coefficient (Wildman–Crippen LogP) is 2.78. The van der Waals surface area contributed by atoms with Gasteiger partial charge in [-0.15, -0.1) is 0 Å². The lowest BCUT2D eigenvalue weighted by molar-refractivity contribution is 0.448. The zero-order chi connectivity index (χ0) is 15.4. The number of halogens is 1. The Morgan fingerprint density at radius 1 is 1.19 bits per heavy atom. The highest BCUT2D eigenvalue weighted by atomic mass is 19.1. The third-order valence-corrected chi connectivity index (χ3v) is 3.52. The molecule has 114 valence electrons. The van der Waals surface area contributed by atoms with Crippen LogP contribution in [0.5, 0.6) is 0 Å². The summed E-state index contributed by atoms with van der Waals surface area (Å²) in [5.74, 6) is -0.295. The second-order valence-electron chi connectivity index (χ2n) is 5.23. The fourth-order valence-corrected chi connectivity index (χ4v) is 2.59. The predicted molar refractivity (Wildman–Crippen MR) is 82.9 cm³/mol. The minimum atomic E-state index is -0.295. The van der Waals surface area contributed by atoms with E-state index in [0.29, 0.717) is 12.2 Å². The van der Waals surface area contributed by atoms with Crippen LogP contribution in [0, 0.1) is 5.82 Å². The number of nitrogens with two attached hydrogens (primary N) is 1. The molecule has 2 aromatic rings. The van der Waals surface area contributed by atoms with E-state index in [-0.39, 0.29) is 11.4 Å². The maximum absolute atomic E-state index is 13.3. The van der Waals surface area contributed by atoms with Crippen LogP contribution in [0.15, 0.2) is 29.1 Å². The molecule has 0 spiro atoms. The summed E-state index contributed by atoms with van der Waals surface area (Å²) < 4.78 is 16.9. The van der Waals surface area contributed by atoms with Crippen molar-refractivity contribution in [2.45, 2.75) is 46.2 Å². The van der Waals surface area contributed by atoms with Crippen molar-refractivity contribution in [1.82, 2.24) is 9.36 Å². The van der Waals surface area contributed by atoms with Crippen LogP contribution >= 0.6 is 0 Å². The smallest absolute Gasteiger partial charge is 0.290 e. The van der Waals surface area contributed by atoms with Gasteiger partial charge in [0.25, 0.3) is 5.56 Å². The number of hydrogen-bond acceptors (Lipinski definition) is 2. The fourth-order valence-electron chi connectivity index (χ4n) is 2.59. The topological polar surface area (TPSA) is 53.0 Å². The van der Waals surface area contributed by atoms with E-state index in [2.05, 4.69) is 13.8 Å². The lowest BCUT2D eigenvalue weighted by Crippen LogP contribution is -2.25. The van der Waals surface area contributed by atoms with E-state index in [1.165, 1.54) is 12.1 Å². The number of nitrogen functional groups attached to an aromatic ring is 1. The number of benzene rings is 1. The van der Waals surface area contributed by atoms with Gasteiger partial charge in [-0.1, -0.05) is 32.4 Å². The van der Waals surface area contributed by atoms with E-state index in [4.69, 9.17) is 5.73 Å². The molecule has 4 nitrogen and oxygen atoms in total. The van der Waals surface area contributed by atoms with Gasteiger partial charge in [-0.25, -0.2) is 9.07 Å². The van der Waals surface area contributed by atoms with Crippen LogP contribution < -0.4 is 11.3 Å². The Balaban J connectivity index is 2.46. The quantitative estimate of drug-likeness (QED) is 0.889. The first-order valence-corrected chi connectivity index (χ1v) is 7.40. The average molecular weight is 291 g/mol. The van der Waals surface area contributed by atoms with E-state index in [9.17, 15) is 9.18 Å².